The van der Waals surface area contributed by atoms with Gasteiger partial charge in [-0.25, -0.2) is 0 Å². The van der Waals surface area contributed by atoms with Crippen LogP contribution < -0.4 is 14.8 Å². The Kier molecular flexibility index (Phi) is 7.62. The molecule has 0 heterocycles. The minimum absolute atomic E-state index is 0.588. The van der Waals surface area contributed by atoms with E-state index in [0.717, 1.165) is 29.9 Å². The highest BCUT2D eigenvalue weighted by atomic mass is 35.5. The van der Waals surface area contributed by atoms with Crippen LogP contribution in [0.25, 0.3) is 0 Å². The Morgan fingerprint density at radius 3 is 2.67 bits per heavy atom. The quantitative estimate of drug-likeness (QED) is 0.684. The molecule has 0 saturated carbocycles. The minimum atomic E-state index is 0.588. The maximum absolute atomic E-state index is 6.15. The first kappa shape index (κ1) is 17.9. The Hall–Kier alpha value is -1.19. The largest absolute Gasteiger partial charge is 0.493 e. The molecule has 0 saturated heterocycles. The molecule has 1 aromatic carbocycles. The third kappa shape index (κ3) is 6.40. The summed E-state index contributed by atoms with van der Waals surface area (Å²) in [6.45, 7) is 12.5. The van der Waals surface area contributed by atoms with Gasteiger partial charge >= 0.3 is 0 Å². The van der Waals surface area contributed by atoms with E-state index in [4.69, 9.17) is 21.1 Å². The molecule has 1 rings (SSSR count). The topological polar surface area (TPSA) is 30.5 Å². The summed E-state index contributed by atoms with van der Waals surface area (Å²) >= 11 is 6.15. The zero-order valence-corrected chi connectivity index (χ0v) is 14.2. The molecule has 0 spiro atoms. The second-order valence-electron chi connectivity index (χ2n) is 5.68. The molecule has 21 heavy (non-hydrogen) atoms. The summed E-state index contributed by atoms with van der Waals surface area (Å²) in [4.78, 5) is 0. The Bertz CT molecular complexity index is 472. The molecular weight excluding hydrogens is 286 g/mol. The molecule has 3 nitrogen and oxygen atoms in total. The third-order valence-corrected chi connectivity index (χ3v) is 3.18. The van der Waals surface area contributed by atoms with Crippen molar-refractivity contribution in [3.8, 4) is 11.5 Å². The molecule has 0 aliphatic rings. The molecular formula is C17H26ClNO2. The summed E-state index contributed by atoms with van der Waals surface area (Å²) in [7, 11) is 1.63. The highest BCUT2D eigenvalue weighted by Crippen LogP contribution is 2.35. The van der Waals surface area contributed by atoms with Crippen LogP contribution in [-0.4, -0.2) is 20.3 Å². The third-order valence-electron chi connectivity index (χ3n) is 2.96. The Morgan fingerprint density at radius 1 is 1.38 bits per heavy atom. The maximum atomic E-state index is 6.15. The molecule has 0 unspecified atom stereocenters. The number of benzene rings is 1. The fourth-order valence-corrected chi connectivity index (χ4v) is 2.12. The van der Waals surface area contributed by atoms with Gasteiger partial charge in [-0.15, -0.1) is 6.58 Å². The van der Waals surface area contributed by atoms with E-state index in [1.54, 1.807) is 13.2 Å². The van der Waals surface area contributed by atoms with Crippen molar-refractivity contribution >= 4 is 11.6 Å². The fourth-order valence-electron chi connectivity index (χ4n) is 1.89. The van der Waals surface area contributed by atoms with E-state index in [1.165, 1.54) is 0 Å². The van der Waals surface area contributed by atoms with Crippen LogP contribution in [0.5, 0.6) is 11.5 Å². The van der Waals surface area contributed by atoms with Gasteiger partial charge in [0.05, 0.1) is 13.7 Å². The van der Waals surface area contributed by atoms with Crippen LogP contribution >= 0.6 is 11.6 Å². The molecule has 0 bridgehead atoms. The molecule has 0 radical (unpaired) electrons. The lowest BCUT2D eigenvalue weighted by atomic mass is 10.1. The Balaban J connectivity index is 2.85. The highest BCUT2D eigenvalue weighted by molar-refractivity contribution is 6.30. The van der Waals surface area contributed by atoms with E-state index >= 15 is 0 Å². The predicted molar refractivity (Wildman–Crippen MR) is 89.5 cm³/mol. The number of methoxy groups -OCH3 is 1. The van der Waals surface area contributed by atoms with Crippen LogP contribution in [0.3, 0.4) is 0 Å². The molecule has 118 valence electrons. The summed E-state index contributed by atoms with van der Waals surface area (Å²) in [5.41, 5.74) is 2.11. The van der Waals surface area contributed by atoms with Crippen LogP contribution in [0.1, 0.15) is 32.8 Å². The lowest BCUT2D eigenvalue weighted by molar-refractivity contribution is 0.293. The van der Waals surface area contributed by atoms with Crippen molar-refractivity contribution in [3.05, 3.63) is 34.9 Å². The van der Waals surface area contributed by atoms with Gasteiger partial charge in [0.2, 0.25) is 0 Å². The van der Waals surface area contributed by atoms with E-state index in [1.807, 2.05) is 13.0 Å². The molecule has 1 N–H and O–H groups in total. The van der Waals surface area contributed by atoms with Gasteiger partial charge in [0, 0.05) is 29.6 Å². The minimum Gasteiger partial charge on any atom is -0.493 e. The number of hydrogen-bond acceptors (Lipinski definition) is 3. The molecule has 0 atom stereocenters. The highest BCUT2D eigenvalue weighted by Gasteiger charge is 2.13. The van der Waals surface area contributed by atoms with Crippen molar-refractivity contribution in [2.24, 2.45) is 5.92 Å². The summed E-state index contributed by atoms with van der Waals surface area (Å²) in [6, 6.07) is 3.71. The Labute approximate surface area is 133 Å². The molecule has 4 heteroatoms. The van der Waals surface area contributed by atoms with E-state index in [0.29, 0.717) is 29.8 Å². The van der Waals surface area contributed by atoms with Crippen molar-refractivity contribution in [2.75, 3.05) is 20.3 Å². The number of halogens is 1. The van der Waals surface area contributed by atoms with Crippen molar-refractivity contribution in [3.63, 3.8) is 0 Å². The smallest absolute Gasteiger partial charge is 0.165 e. The van der Waals surface area contributed by atoms with Gasteiger partial charge in [-0.3, -0.25) is 0 Å². The second-order valence-corrected chi connectivity index (χ2v) is 6.11. The lowest BCUT2D eigenvalue weighted by Gasteiger charge is -2.17. The van der Waals surface area contributed by atoms with Gasteiger partial charge in [-0.2, -0.15) is 0 Å². The standard InChI is InChI=1S/C17H26ClNO2/c1-12(2)6-7-21-17-14(11-19-10-13(3)4)8-15(18)9-16(17)20-5/h8-9,13,19H,1,6-7,10-11H2,2-5H3. The van der Waals surface area contributed by atoms with Gasteiger partial charge in [-0.05, 0) is 25.5 Å². The first-order chi connectivity index (χ1) is 9.93. The summed E-state index contributed by atoms with van der Waals surface area (Å²) in [6.07, 6.45) is 0.824. The summed E-state index contributed by atoms with van der Waals surface area (Å²) in [5, 5.41) is 4.06. The number of ether oxygens (including phenoxy) is 2. The molecule has 0 amide bonds. The number of nitrogens with one attached hydrogen (secondary N) is 1. The van der Waals surface area contributed by atoms with Crippen molar-refractivity contribution in [1.29, 1.82) is 0 Å². The summed E-state index contributed by atoms with van der Waals surface area (Å²) in [5.74, 6) is 2.03. The number of rotatable bonds is 9. The van der Waals surface area contributed by atoms with E-state index in [2.05, 4.69) is 25.7 Å². The van der Waals surface area contributed by atoms with Crippen molar-refractivity contribution in [2.45, 2.75) is 33.7 Å². The van der Waals surface area contributed by atoms with Crippen molar-refractivity contribution in [1.82, 2.24) is 5.32 Å². The molecule has 0 aliphatic carbocycles. The monoisotopic (exact) mass is 311 g/mol. The molecule has 0 fully saturated rings. The first-order valence-electron chi connectivity index (χ1n) is 7.28. The second kappa shape index (κ2) is 8.96. The van der Waals surface area contributed by atoms with Crippen LogP contribution in [0.15, 0.2) is 24.3 Å². The Morgan fingerprint density at radius 2 is 2.10 bits per heavy atom. The molecule has 1 aromatic rings. The lowest BCUT2D eigenvalue weighted by Crippen LogP contribution is -2.19. The van der Waals surface area contributed by atoms with E-state index < -0.39 is 0 Å². The normalized spacial score (nSPS) is 10.8. The molecule has 0 aromatic heterocycles. The van der Waals surface area contributed by atoms with Gasteiger partial charge in [0.1, 0.15) is 0 Å². The zero-order valence-electron chi connectivity index (χ0n) is 13.5. The van der Waals surface area contributed by atoms with E-state index in [9.17, 15) is 0 Å². The van der Waals surface area contributed by atoms with Gasteiger partial charge in [0.15, 0.2) is 11.5 Å². The maximum Gasteiger partial charge on any atom is 0.165 e. The average Bonchev–Trinajstić information content (AvgIpc) is 2.39. The average molecular weight is 312 g/mol. The first-order valence-corrected chi connectivity index (χ1v) is 7.66. The van der Waals surface area contributed by atoms with Gasteiger partial charge in [-0.1, -0.05) is 31.0 Å². The van der Waals surface area contributed by atoms with Crippen LogP contribution in [-0.2, 0) is 6.54 Å². The van der Waals surface area contributed by atoms with Crippen LogP contribution in [0, 0.1) is 5.92 Å². The predicted octanol–water partition coefficient (Wildman–Crippen LogP) is 4.44. The van der Waals surface area contributed by atoms with Crippen LogP contribution in [0.2, 0.25) is 5.02 Å². The zero-order chi connectivity index (χ0) is 15.8. The molecule has 0 aliphatic heterocycles. The van der Waals surface area contributed by atoms with Crippen LogP contribution in [0.4, 0.5) is 0 Å². The fraction of sp³-hybridized carbons (Fsp3) is 0.529. The van der Waals surface area contributed by atoms with Gasteiger partial charge in [0.25, 0.3) is 0 Å². The van der Waals surface area contributed by atoms with Gasteiger partial charge < -0.3 is 14.8 Å². The van der Waals surface area contributed by atoms with Crippen molar-refractivity contribution < 1.29 is 9.47 Å². The number of hydrogen-bond donors (Lipinski definition) is 1. The SMILES string of the molecule is C=C(C)CCOc1c(CNCC(C)C)cc(Cl)cc1OC. The summed E-state index contributed by atoms with van der Waals surface area (Å²) < 4.78 is 11.3. The van der Waals surface area contributed by atoms with E-state index in [-0.39, 0.29) is 0 Å².